The topological polar surface area (TPSA) is 66.5 Å². The number of carbonyl (C=O) groups is 3. The molecule has 1 saturated heterocycles. The van der Waals surface area contributed by atoms with Gasteiger partial charge in [0.05, 0.1) is 13.1 Å². The van der Waals surface area contributed by atoms with Gasteiger partial charge in [-0.15, -0.1) is 0 Å². The average molecular weight is 449 g/mol. The molecule has 0 aliphatic carbocycles. The van der Waals surface area contributed by atoms with Crippen LogP contribution in [0.1, 0.15) is 11.1 Å². The van der Waals surface area contributed by atoms with Crippen LogP contribution >= 0.6 is 0 Å². The van der Waals surface area contributed by atoms with E-state index in [-0.39, 0.29) is 24.8 Å². The summed E-state index contributed by atoms with van der Waals surface area (Å²) in [6, 6.07) is 28.1. The molecule has 1 aliphatic heterocycles. The van der Waals surface area contributed by atoms with Crippen LogP contribution in [0.3, 0.4) is 0 Å². The highest BCUT2D eigenvalue weighted by molar-refractivity contribution is 6.15. The van der Waals surface area contributed by atoms with Crippen molar-refractivity contribution in [2.24, 2.45) is 0 Å². The fourth-order valence-electron chi connectivity index (χ4n) is 3.65. The molecule has 0 unspecified atom stereocenters. The van der Waals surface area contributed by atoms with Gasteiger partial charge in [-0.1, -0.05) is 78.9 Å². The Bertz CT molecular complexity index is 1200. The summed E-state index contributed by atoms with van der Waals surface area (Å²) in [5.74, 6) is -0.816. The molecule has 1 N–H and O–H groups in total. The molecule has 5 nitrogen and oxygen atoms in total. The summed E-state index contributed by atoms with van der Waals surface area (Å²) in [7, 11) is 0. The Morgan fingerprint density at radius 1 is 0.676 bits per heavy atom. The zero-order valence-electron chi connectivity index (χ0n) is 18.6. The first kappa shape index (κ1) is 22.7. The Labute approximate surface area is 198 Å². The van der Waals surface area contributed by atoms with Crippen molar-refractivity contribution >= 4 is 35.4 Å². The van der Waals surface area contributed by atoms with Crippen molar-refractivity contribution in [3.05, 3.63) is 125 Å². The van der Waals surface area contributed by atoms with Gasteiger partial charge in [-0.05, 0) is 35.4 Å². The number of hydrogen-bond acceptors (Lipinski definition) is 3. The number of piperidine rings is 1. The van der Waals surface area contributed by atoms with Gasteiger partial charge in [-0.3, -0.25) is 14.4 Å². The third kappa shape index (κ3) is 6.04. The molecule has 1 fully saturated rings. The van der Waals surface area contributed by atoms with E-state index in [9.17, 15) is 14.4 Å². The highest BCUT2D eigenvalue weighted by Gasteiger charge is 2.28. The Balaban J connectivity index is 1.56. The lowest BCUT2D eigenvalue weighted by Gasteiger charge is -2.29. The summed E-state index contributed by atoms with van der Waals surface area (Å²) in [6.07, 6.45) is 6.08. The summed E-state index contributed by atoms with van der Waals surface area (Å²) in [5.41, 5.74) is 3.47. The van der Waals surface area contributed by atoms with Crippen LogP contribution in [0.15, 0.2) is 114 Å². The lowest BCUT2D eigenvalue weighted by Crippen LogP contribution is -2.41. The molecule has 1 aliphatic rings. The minimum atomic E-state index is -0.396. The van der Waals surface area contributed by atoms with Crippen molar-refractivity contribution in [1.82, 2.24) is 4.90 Å². The predicted molar refractivity (Wildman–Crippen MR) is 135 cm³/mol. The van der Waals surface area contributed by atoms with Crippen molar-refractivity contribution in [2.75, 3.05) is 18.4 Å². The van der Waals surface area contributed by atoms with Crippen molar-refractivity contribution in [1.29, 1.82) is 0 Å². The Morgan fingerprint density at radius 3 is 1.65 bits per heavy atom. The van der Waals surface area contributed by atoms with Crippen molar-refractivity contribution in [2.45, 2.75) is 0 Å². The second-order valence-electron chi connectivity index (χ2n) is 7.87. The molecule has 0 bridgehead atoms. The Hall–Kier alpha value is -4.51. The predicted octanol–water partition coefficient (Wildman–Crippen LogP) is 4.76. The number of likely N-dealkylation sites (tertiary alicyclic amines) is 1. The summed E-state index contributed by atoms with van der Waals surface area (Å²) in [5, 5.41) is 2.72. The summed E-state index contributed by atoms with van der Waals surface area (Å²) in [6.45, 7) is 0.340. The third-order valence-corrected chi connectivity index (χ3v) is 5.32. The number of amides is 2. The summed E-state index contributed by atoms with van der Waals surface area (Å²) in [4.78, 5) is 39.9. The molecule has 1 heterocycles. The van der Waals surface area contributed by atoms with Gasteiger partial charge < -0.3 is 10.2 Å². The van der Waals surface area contributed by atoms with Crippen LogP contribution in [0, 0.1) is 0 Å². The van der Waals surface area contributed by atoms with Crippen LogP contribution in [-0.4, -0.2) is 35.6 Å². The van der Waals surface area contributed by atoms with E-state index in [2.05, 4.69) is 5.32 Å². The number of carbonyl (C=O) groups excluding carboxylic acids is 3. The van der Waals surface area contributed by atoms with Gasteiger partial charge in [0.15, 0.2) is 5.78 Å². The third-order valence-electron chi connectivity index (χ3n) is 5.32. The molecule has 0 radical (unpaired) electrons. The van der Waals surface area contributed by atoms with E-state index < -0.39 is 5.91 Å². The molecular weight excluding hydrogens is 424 g/mol. The second kappa shape index (κ2) is 10.9. The number of anilines is 1. The summed E-state index contributed by atoms with van der Waals surface area (Å²) >= 11 is 0. The quantitative estimate of drug-likeness (QED) is 0.573. The van der Waals surface area contributed by atoms with Crippen LogP contribution in [0.25, 0.3) is 12.2 Å². The zero-order chi connectivity index (χ0) is 23.8. The molecule has 2 amide bonds. The van der Waals surface area contributed by atoms with Crippen LogP contribution in [0.4, 0.5) is 5.69 Å². The second-order valence-corrected chi connectivity index (χ2v) is 7.87. The molecule has 0 saturated carbocycles. The Kier molecular flexibility index (Phi) is 7.25. The largest absolute Gasteiger partial charge is 0.330 e. The normalized spacial score (nSPS) is 16.2. The van der Waals surface area contributed by atoms with Crippen molar-refractivity contribution in [3.63, 3.8) is 0 Å². The number of benzene rings is 3. The zero-order valence-corrected chi connectivity index (χ0v) is 18.6. The van der Waals surface area contributed by atoms with Gasteiger partial charge in [0, 0.05) is 29.0 Å². The molecule has 3 aromatic carbocycles. The first-order chi connectivity index (χ1) is 16.6. The number of hydrogen-bond donors (Lipinski definition) is 1. The van der Waals surface area contributed by atoms with E-state index in [1.54, 1.807) is 17.0 Å². The number of rotatable bonds is 5. The average Bonchev–Trinajstić information content (AvgIpc) is 2.87. The van der Waals surface area contributed by atoms with E-state index in [0.29, 0.717) is 16.8 Å². The molecule has 0 spiro atoms. The molecule has 5 heteroatoms. The van der Waals surface area contributed by atoms with Crippen molar-refractivity contribution in [3.8, 4) is 0 Å². The Morgan fingerprint density at radius 2 is 1.15 bits per heavy atom. The van der Waals surface area contributed by atoms with Crippen LogP contribution in [0.5, 0.6) is 0 Å². The lowest BCUT2D eigenvalue weighted by molar-refractivity contribution is -0.126. The maximum atomic E-state index is 13.2. The number of Topliss-reactive ketones (excluding diaryl/α,β-unsaturated/α-hetero) is 1. The van der Waals surface area contributed by atoms with Crippen LogP contribution < -0.4 is 5.32 Å². The van der Waals surface area contributed by atoms with Gasteiger partial charge in [-0.25, -0.2) is 0 Å². The van der Waals surface area contributed by atoms with Crippen molar-refractivity contribution < 1.29 is 14.4 Å². The van der Waals surface area contributed by atoms with E-state index in [1.807, 2.05) is 91.0 Å². The van der Waals surface area contributed by atoms with Gasteiger partial charge in [-0.2, -0.15) is 0 Å². The monoisotopic (exact) mass is 448 g/mol. The fourth-order valence-corrected chi connectivity index (χ4v) is 3.65. The molecule has 34 heavy (non-hydrogen) atoms. The van der Waals surface area contributed by atoms with Gasteiger partial charge >= 0.3 is 0 Å². The lowest BCUT2D eigenvalue weighted by atomic mass is 9.94. The van der Waals surface area contributed by atoms with Crippen LogP contribution in [-0.2, 0) is 14.4 Å². The first-order valence-electron chi connectivity index (χ1n) is 11.0. The maximum Gasteiger partial charge on any atom is 0.248 e. The minimum absolute atomic E-state index is 0.0810. The van der Waals surface area contributed by atoms with E-state index >= 15 is 0 Å². The number of ketones is 1. The smallest absolute Gasteiger partial charge is 0.248 e. The molecule has 3 aromatic rings. The number of nitrogens with one attached hydrogen (secondary N) is 1. The SMILES string of the molecule is O=C(/C=C\C(=O)N1C/C(=C\c2ccccc2)C(=O)/C(=C/c2ccccc2)C1)Nc1ccccc1. The van der Waals surface area contributed by atoms with E-state index in [0.717, 1.165) is 11.1 Å². The molecule has 0 atom stereocenters. The fraction of sp³-hybridized carbons (Fsp3) is 0.0690. The highest BCUT2D eigenvalue weighted by atomic mass is 16.2. The molecule has 4 rings (SSSR count). The van der Waals surface area contributed by atoms with Gasteiger partial charge in [0.1, 0.15) is 0 Å². The highest BCUT2D eigenvalue weighted by Crippen LogP contribution is 2.22. The van der Waals surface area contributed by atoms with Gasteiger partial charge in [0.25, 0.3) is 0 Å². The minimum Gasteiger partial charge on any atom is -0.330 e. The van der Waals surface area contributed by atoms with Gasteiger partial charge in [0.2, 0.25) is 11.8 Å². The van der Waals surface area contributed by atoms with E-state index in [4.69, 9.17) is 0 Å². The first-order valence-corrected chi connectivity index (χ1v) is 11.0. The molecular formula is C29H24N2O3. The number of nitrogens with zero attached hydrogens (tertiary/aromatic N) is 1. The molecule has 0 aromatic heterocycles. The standard InChI is InChI=1S/C29H24N2O3/c32-27(30-26-14-8-3-9-15-26)16-17-28(33)31-20-24(18-22-10-4-1-5-11-22)29(34)25(21-31)19-23-12-6-2-7-13-23/h1-19H,20-21H2,(H,30,32)/b17-16-,24-18+,25-19+. The number of para-hydroxylation sites is 1. The van der Waals surface area contributed by atoms with E-state index in [1.165, 1.54) is 12.2 Å². The molecule has 168 valence electrons. The van der Waals surface area contributed by atoms with Crippen LogP contribution in [0.2, 0.25) is 0 Å². The summed E-state index contributed by atoms with van der Waals surface area (Å²) < 4.78 is 0. The maximum absolute atomic E-state index is 13.2.